The molecular formula is C15H19FN4O4S. The Morgan fingerprint density at radius 2 is 2.28 bits per heavy atom. The van der Waals surface area contributed by atoms with Crippen molar-refractivity contribution in [3.8, 4) is 5.75 Å². The Bertz CT molecular complexity index is 625. The Hall–Kier alpha value is -2.45. The van der Waals surface area contributed by atoms with Gasteiger partial charge >= 0.3 is 5.97 Å². The molecule has 1 aromatic rings. The van der Waals surface area contributed by atoms with E-state index < -0.39 is 24.6 Å². The lowest BCUT2D eigenvalue weighted by Gasteiger charge is -2.15. The van der Waals surface area contributed by atoms with Crippen LogP contribution in [0.5, 0.6) is 5.75 Å². The number of rotatable bonds is 11. The second kappa shape index (κ2) is 12.0. The smallest absolute Gasteiger partial charge is 0.329 e. The van der Waals surface area contributed by atoms with Crippen LogP contribution in [0.2, 0.25) is 0 Å². The molecule has 25 heavy (non-hydrogen) atoms. The van der Waals surface area contributed by atoms with Crippen LogP contribution in [0.15, 0.2) is 29.4 Å². The molecule has 0 fully saturated rings. The predicted octanol–water partition coefficient (Wildman–Crippen LogP) is 2.24. The summed E-state index contributed by atoms with van der Waals surface area (Å²) in [6, 6.07) is 6.35. The van der Waals surface area contributed by atoms with Gasteiger partial charge in [-0.25, -0.2) is 9.18 Å². The molecule has 0 saturated carbocycles. The minimum Gasteiger partial charge on any atom is -0.491 e. The third kappa shape index (κ3) is 8.27. The number of thioether (sulfide) groups is 1. The third-order valence-corrected chi connectivity index (χ3v) is 4.00. The summed E-state index contributed by atoms with van der Waals surface area (Å²) < 4.78 is 22.0. The Morgan fingerprint density at radius 3 is 2.96 bits per heavy atom. The molecule has 1 aromatic carbocycles. The number of alkyl halides is 1. The van der Waals surface area contributed by atoms with E-state index in [0.717, 1.165) is 5.56 Å². The van der Waals surface area contributed by atoms with Crippen LogP contribution in [0.4, 0.5) is 4.39 Å². The fourth-order valence-corrected chi connectivity index (χ4v) is 2.81. The highest BCUT2D eigenvalue weighted by Gasteiger charge is 2.21. The maximum Gasteiger partial charge on any atom is 0.329 e. The van der Waals surface area contributed by atoms with Crippen molar-refractivity contribution in [2.24, 2.45) is 5.11 Å². The van der Waals surface area contributed by atoms with E-state index >= 15 is 0 Å². The van der Waals surface area contributed by atoms with Crippen LogP contribution in [0.1, 0.15) is 5.56 Å². The molecule has 1 rings (SSSR count). The molecule has 1 N–H and O–H groups in total. The van der Waals surface area contributed by atoms with Gasteiger partial charge in [0.1, 0.15) is 31.6 Å². The zero-order valence-electron chi connectivity index (χ0n) is 13.7. The van der Waals surface area contributed by atoms with Gasteiger partial charge < -0.3 is 14.8 Å². The number of benzene rings is 1. The van der Waals surface area contributed by atoms with Crippen molar-refractivity contribution in [2.45, 2.75) is 11.8 Å². The third-order valence-electron chi connectivity index (χ3n) is 2.90. The fourth-order valence-electron chi connectivity index (χ4n) is 1.82. The van der Waals surface area contributed by atoms with E-state index in [1.807, 2.05) is 6.07 Å². The fraction of sp³-hybridized carbons (Fsp3) is 0.467. The van der Waals surface area contributed by atoms with Gasteiger partial charge in [0.25, 0.3) is 0 Å². The normalized spacial score (nSPS) is 11.1. The number of hydrogen-bond donors (Lipinski definition) is 1. The van der Waals surface area contributed by atoms with Crippen molar-refractivity contribution in [1.82, 2.24) is 5.32 Å². The Balaban J connectivity index is 2.54. The number of carbonyl (C=O) groups is 2. The van der Waals surface area contributed by atoms with Gasteiger partial charge in [-0.15, -0.1) is 0 Å². The second-order valence-electron chi connectivity index (χ2n) is 4.73. The Morgan fingerprint density at radius 1 is 1.48 bits per heavy atom. The van der Waals surface area contributed by atoms with Crippen LogP contribution >= 0.6 is 11.8 Å². The van der Waals surface area contributed by atoms with Gasteiger partial charge in [0.05, 0.1) is 7.11 Å². The van der Waals surface area contributed by atoms with E-state index in [1.54, 1.807) is 18.2 Å². The van der Waals surface area contributed by atoms with E-state index in [0.29, 0.717) is 11.5 Å². The number of esters is 1. The largest absolute Gasteiger partial charge is 0.491 e. The molecule has 1 amide bonds. The maximum atomic E-state index is 12.1. The second-order valence-corrected chi connectivity index (χ2v) is 5.76. The number of carbonyl (C=O) groups excluding carboxylic acids is 2. The van der Waals surface area contributed by atoms with Crippen LogP contribution in [0.25, 0.3) is 10.4 Å². The van der Waals surface area contributed by atoms with Gasteiger partial charge in [-0.2, -0.15) is 11.8 Å². The van der Waals surface area contributed by atoms with E-state index in [2.05, 4.69) is 20.1 Å². The molecule has 0 spiro atoms. The van der Waals surface area contributed by atoms with Crippen LogP contribution in [-0.2, 0) is 20.1 Å². The van der Waals surface area contributed by atoms with E-state index in [-0.39, 0.29) is 18.9 Å². The maximum absolute atomic E-state index is 12.1. The molecule has 0 bridgehead atoms. The number of amides is 1. The number of hydrogen-bond acceptors (Lipinski definition) is 6. The molecule has 0 saturated heterocycles. The van der Waals surface area contributed by atoms with Crippen molar-refractivity contribution < 1.29 is 23.5 Å². The predicted molar refractivity (Wildman–Crippen MR) is 92.0 cm³/mol. The van der Waals surface area contributed by atoms with Crippen molar-refractivity contribution in [3.05, 3.63) is 40.3 Å². The average Bonchev–Trinajstić information content (AvgIpc) is 2.63. The molecule has 0 aromatic heterocycles. The SMILES string of the molecule is COC(=O)C(CSCc1cccc(OCCF)c1)NC(=O)CN=[N+]=[N-]. The van der Waals surface area contributed by atoms with Gasteiger partial charge in [0.15, 0.2) is 0 Å². The van der Waals surface area contributed by atoms with Crippen LogP contribution in [0.3, 0.4) is 0 Å². The lowest BCUT2D eigenvalue weighted by Crippen LogP contribution is -2.44. The number of nitrogens with one attached hydrogen (secondary N) is 1. The first kappa shape index (κ1) is 20.6. The summed E-state index contributed by atoms with van der Waals surface area (Å²) in [5, 5.41) is 5.60. The van der Waals surface area contributed by atoms with Crippen molar-refractivity contribution in [3.63, 3.8) is 0 Å². The highest BCUT2D eigenvalue weighted by molar-refractivity contribution is 7.98. The number of azide groups is 1. The first-order valence-corrected chi connectivity index (χ1v) is 8.49. The molecule has 0 aliphatic carbocycles. The first-order valence-electron chi connectivity index (χ1n) is 7.34. The van der Waals surface area contributed by atoms with Gasteiger partial charge in [0.2, 0.25) is 5.91 Å². The Labute approximate surface area is 148 Å². The van der Waals surface area contributed by atoms with Gasteiger partial charge in [0, 0.05) is 16.4 Å². The summed E-state index contributed by atoms with van der Waals surface area (Å²) in [7, 11) is 1.23. The van der Waals surface area contributed by atoms with Crippen LogP contribution < -0.4 is 10.1 Å². The molecule has 1 unspecified atom stereocenters. The highest BCUT2D eigenvalue weighted by Crippen LogP contribution is 2.19. The number of halogens is 1. The summed E-state index contributed by atoms with van der Waals surface area (Å²) in [4.78, 5) is 25.8. The molecule has 8 nitrogen and oxygen atoms in total. The minimum absolute atomic E-state index is 0.00176. The summed E-state index contributed by atoms with van der Waals surface area (Å²) in [6.07, 6.45) is 0. The lowest BCUT2D eigenvalue weighted by atomic mass is 10.2. The zero-order chi connectivity index (χ0) is 18.5. The van der Waals surface area contributed by atoms with Gasteiger partial charge in [-0.05, 0) is 23.2 Å². The lowest BCUT2D eigenvalue weighted by molar-refractivity contribution is -0.144. The number of ether oxygens (including phenoxy) is 2. The molecule has 1 atom stereocenters. The monoisotopic (exact) mass is 370 g/mol. The number of nitrogens with zero attached hydrogens (tertiary/aromatic N) is 3. The first-order chi connectivity index (χ1) is 12.1. The summed E-state index contributed by atoms with van der Waals surface area (Å²) in [6.45, 7) is -0.948. The quantitative estimate of drug-likeness (QED) is 0.278. The standard InChI is InChI=1S/C15H19FN4O4S/c1-23-15(22)13(19-14(21)8-18-20-17)10-25-9-11-3-2-4-12(7-11)24-6-5-16/h2-4,7,13H,5-6,8-10H2,1H3,(H,19,21). The highest BCUT2D eigenvalue weighted by atomic mass is 32.2. The van der Waals surface area contributed by atoms with Crippen molar-refractivity contribution in [2.75, 3.05) is 32.7 Å². The minimum atomic E-state index is -0.845. The molecule has 136 valence electrons. The molecule has 0 aliphatic heterocycles. The van der Waals surface area contributed by atoms with Crippen LogP contribution in [-0.4, -0.2) is 50.6 Å². The average molecular weight is 370 g/mol. The molecular weight excluding hydrogens is 351 g/mol. The molecule has 0 heterocycles. The summed E-state index contributed by atoms with van der Waals surface area (Å²) in [5.41, 5.74) is 9.14. The summed E-state index contributed by atoms with van der Waals surface area (Å²) in [5.74, 6) is 0.275. The molecule has 0 radical (unpaired) electrons. The topological polar surface area (TPSA) is 113 Å². The van der Waals surface area contributed by atoms with Crippen LogP contribution in [0, 0.1) is 0 Å². The molecule has 10 heteroatoms. The Kier molecular flexibility index (Phi) is 9.88. The van der Waals surface area contributed by atoms with Gasteiger partial charge in [-0.1, -0.05) is 17.2 Å². The van der Waals surface area contributed by atoms with E-state index in [1.165, 1.54) is 18.9 Å². The van der Waals surface area contributed by atoms with E-state index in [9.17, 15) is 14.0 Å². The van der Waals surface area contributed by atoms with E-state index in [4.69, 9.17) is 10.3 Å². The summed E-state index contributed by atoms with van der Waals surface area (Å²) >= 11 is 1.41. The molecule has 0 aliphatic rings. The van der Waals surface area contributed by atoms with Gasteiger partial charge in [-0.3, -0.25) is 4.79 Å². The zero-order valence-corrected chi connectivity index (χ0v) is 14.5. The van der Waals surface area contributed by atoms with Crippen molar-refractivity contribution in [1.29, 1.82) is 0 Å². The number of methoxy groups -OCH3 is 1. The van der Waals surface area contributed by atoms with Crippen molar-refractivity contribution >= 4 is 23.6 Å².